The Kier molecular flexibility index (Phi) is 3.23. The molecule has 2 unspecified atom stereocenters. The van der Waals surface area contributed by atoms with E-state index in [9.17, 15) is 4.79 Å². The van der Waals surface area contributed by atoms with Crippen LogP contribution in [0.25, 0.3) is 0 Å². The fraction of sp³-hybridized carbons (Fsp3) is 0.929. The number of hydrogen-bond acceptors (Lipinski definition) is 2. The number of nitrogens with two attached hydrogens (primary N) is 1. The second kappa shape index (κ2) is 4.27. The largest absolute Gasteiger partial charge is 0.349 e. The maximum absolute atomic E-state index is 12.4. The molecule has 98 valence electrons. The van der Waals surface area contributed by atoms with Crippen LogP contribution in [0.5, 0.6) is 0 Å². The van der Waals surface area contributed by atoms with Crippen molar-refractivity contribution in [1.29, 1.82) is 0 Å². The molecule has 0 aromatic carbocycles. The quantitative estimate of drug-likeness (QED) is 0.792. The first-order valence-corrected chi connectivity index (χ1v) is 6.95. The second-order valence-corrected chi connectivity index (χ2v) is 6.81. The van der Waals surface area contributed by atoms with E-state index in [1.54, 1.807) is 0 Å². The summed E-state index contributed by atoms with van der Waals surface area (Å²) in [6.07, 6.45) is 6.43. The van der Waals surface area contributed by atoms with Crippen LogP contribution in [0, 0.1) is 11.8 Å². The third-order valence-electron chi connectivity index (χ3n) is 4.52. The van der Waals surface area contributed by atoms with Gasteiger partial charge in [0.1, 0.15) is 0 Å². The average Bonchev–Trinajstić information content (AvgIpc) is 2.99. The van der Waals surface area contributed by atoms with Crippen molar-refractivity contribution >= 4 is 5.91 Å². The standard InChI is InChI=1S/C14H26N2O/c1-10-5-4-8-14(15,9-10)12(17)16-13(2,3)11-6-7-11/h10-11H,4-9,15H2,1-3H3,(H,16,17). The SMILES string of the molecule is CC1CCCC(N)(C(=O)NC(C)(C)C2CC2)C1. The van der Waals surface area contributed by atoms with Gasteiger partial charge in [-0.05, 0) is 51.4 Å². The van der Waals surface area contributed by atoms with Gasteiger partial charge in [-0.15, -0.1) is 0 Å². The highest BCUT2D eigenvalue weighted by Crippen LogP contribution is 2.40. The summed E-state index contributed by atoms with van der Waals surface area (Å²) in [6, 6.07) is 0. The van der Waals surface area contributed by atoms with Crippen molar-refractivity contribution in [2.24, 2.45) is 17.6 Å². The third kappa shape index (κ3) is 2.82. The molecule has 0 aromatic rings. The molecule has 0 spiro atoms. The zero-order valence-electron chi connectivity index (χ0n) is 11.4. The van der Waals surface area contributed by atoms with Gasteiger partial charge in [0, 0.05) is 5.54 Å². The van der Waals surface area contributed by atoms with Gasteiger partial charge in [0.25, 0.3) is 0 Å². The first-order valence-electron chi connectivity index (χ1n) is 6.95. The molecule has 1 amide bonds. The summed E-state index contributed by atoms with van der Waals surface area (Å²) >= 11 is 0. The maximum Gasteiger partial charge on any atom is 0.240 e. The lowest BCUT2D eigenvalue weighted by Gasteiger charge is -2.38. The van der Waals surface area contributed by atoms with Gasteiger partial charge in [-0.3, -0.25) is 4.79 Å². The normalized spacial score (nSPS) is 34.5. The van der Waals surface area contributed by atoms with Gasteiger partial charge in [-0.2, -0.15) is 0 Å². The van der Waals surface area contributed by atoms with Crippen LogP contribution in [0.3, 0.4) is 0 Å². The minimum absolute atomic E-state index is 0.0703. The lowest BCUT2D eigenvalue weighted by molar-refractivity contribution is -0.130. The van der Waals surface area contributed by atoms with E-state index in [0.29, 0.717) is 11.8 Å². The first kappa shape index (κ1) is 12.9. The summed E-state index contributed by atoms with van der Waals surface area (Å²) in [7, 11) is 0. The van der Waals surface area contributed by atoms with Gasteiger partial charge >= 0.3 is 0 Å². The zero-order chi connectivity index (χ0) is 12.7. The molecule has 2 aliphatic carbocycles. The Balaban J connectivity index is 1.98. The second-order valence-electron chi connectivity index (χ2n) is 6.81. The Morgan fingerprint density at radius 2 is 2.00 bits per heavy atom. The summed E-state index contributed by atoms with van der Waals surface area (Å²) in [5, 5.41) is 3.19. The maximum atomic E-state index is 12.4. The van der Waals surface area contributed by atoms with Crippen LogP contribution in [0.15, 0.2) is 0 Å². The summed E-state index contributed by atoms with van der Waals surface area (Å²) in [5.41, 5.74) is 5.61. The number of amides is 1. The molecule has 3 N–H and O–H groups in total. The Morgan fingerprint density at radius 1 is 1.35 bits per heavy atom. The number of carbonyl (C=O) groups excluding carboxylic acids is 1. The Morgan fingerprint density at radius 3 is 2.53 bits per heavy atom. The minimum Gasteiger partial charge on any atom is -0.349 e. The van der Waals surface area contributed by atoms with E-state index in [4.69, 9.17) is 5.73 Å². The van der Waals surface area contributed by atoms with Crippen LogP contribution in [-0.2, 0) is 4.79 Å². The Hall–Kier alpha value is -0.570. The topological polar surface area (TPSA) is 55.1 Å². The third-order valence-corrected chi connectivity index (χ3v) is 4.52. The highest BCUT2D eigenvalue weighted by Gasteiger charge is 2.44. The highest BCUT2D eigenvalue weighted by atomic mass is 16.2. The van der Waals surface area contributed by atoms with E-state index in [1.165, 1.54) is 19.3 Å². The monoisotopic (exact) mass is 238 g/mol. The van der Waals surface area contributed by atoms with Crippen LogP contribution in [0.2, 0.25) is 0 Å². The van der Waals surface area contributed by atoms with E-state index >= 15 is 0 Å². The van der Waals surface area contributed by atoms with E-state index in [2.05, 4.69) is 26.1 Å². The molecule has 0 saturated heterocycles. The van der Waals surface area contributed by atoms with Crippen LogP contribution in [0.4, 0.5) is 0 Å². The number of rotatable bonds is 3. The van der Waals surface area contributed by atoms with E-state index in [-0.39, 0.29) is 11.4 Å². The molecule has 0 aliphatic heterocycles. The van der Waals surface area contributed by atoms with Crippen molar-refractivity contribution in [2.75, 3.05) is 0 Å². The van der Waals surface area contributed by atoms with E-state index < -0.39 is 5.54 Å². The van der Waals surface area contributed by atoms with Crippen LogP contribution >= 0.6 is 0 Å². The minimum atomic E-state index is -0.621. The molecule has 2 rings (SSSR count). The number of nitrogens with one attached hydrogen (secondary N) is 1. The van der Waals surface area contributed by atoms with Crippen LogP contribution < -0.4 is 11.1 Å². The van der Waals surface area contributed by atoms with Gasteiger partial charge in [0.15, 0.2) is 0 Å². The Labute approximate surface area is 105 Å². The molecular weight excluding hydrogens is 212 g/mol. The van der Waals surface area contributed by atoms with Crippen molar-refractivity contribution in [1.82, 2.24) is 5.32 Å². The molecular formula is C14H26N2O. The molecule has 0 bridgehead atoms. The Bertz CT molecular complexity index is 309. The summed E-state index contributed by atoms with van der Waals surface area (Å²) in [4.78, 5) is 12.4. The van der Waals surface area contributed by atoms with Crippen molar-refractivity contribution in [2.45, 2.75) is 70.4 Å². The predicted molar refractivity (Wildman–Crippen MR) is 69.5 cm³/mol. The van der Waals surface area contributed by atoms with Crippen molar-refractivity contribution in [3.63, 3.8) is 0 Å². The van der Waals surface area contributed by atoms with Crippen molar-refractivity contribution in [3.05, 3.63) is 0 Å². The summed E-state index contributed by atoms with van der Waals surface area (Å²) in [5.74, 6) is 1.29. The summed E-state index contributed by atoms with van der Waals surface area (Å²) in [6.45, 7) is 6.44. The van der Waals surface area contributed by atoms with Crippen LogP contribution in [0.1, 0.15) is 59.3 Å². The molecule has 2 fully saturated rings. The lowest BCUT2D eigenvalue weighted by atomic mass is 9.76. The summed E-state index contributed by atoms with van der Waals surface area (Å²) < 4.78 is 0. The highest BCUT2D eigenvalue weighted by molar-refractivity contribution is 5.86. The zero-order valence-corrected chi connectivity index (χ0v) is 11.4. The fourth-order valence-corrected chi connectivity index (χ4v) is 3.12. The van der Waals surface area contributed by atoms with Crippen molar-refractivity contribution in [3.8, 4) is 0 Å². The van der Waals surface area contributed by atoms with Crippen molar-refractivity contribution < 1.29 is 4.79 Å². The molecule has 0 heterocycles. The smallest absolute Gasteiger partial charge is 0.240 e. The first-order chi connectivity index (χ1) is 7.83. The van der Waals surface area contributed by atoms with Crippen LogP contribution in [-0.4, -0.2) is 17.0 Å². The number of carbonyl (C=O) groups is 1. The van der Waals surface area contributed by atoms with Gasteiger partial charge in [0.2, 0.25) is 5.91 Å². The predicted octanol–water partition coefficient (Wildman–Crippen LogP) is 2.20. The van der Waals surface area contributed by atoms with Gasteiger partial charge < -0.3 is 11.1 Å². The molecule has 0 aromatic heterocycles. The van der Waals surface area contributed by atoms with E-state index in [0.717, 1.165) is 19.3 Å². The van der Waals surface area contributed by atoms with Gasteiger partial charge in [0.05, 0.1) is 5.54 Å². The van der Waals surface area contributed by atoms with Gasteiger partial charge in [-0.25, -0.2) is 0 Å². The molecule has 2 saturated carbocycles. The molecule has 3 heteroatoms. The molecule has 3 nitrogen and oxygen atoms in total. The number of hydrogen-bond donors (Lipinski definition) is 2. The molecule has 2 aliphatic rings. The molecule has 17 heavy (non-hydrogen) atoms. The lowest BCUT2D eigenvalue weighted by Crippen LogP contribution is -2.60. The van der Waals surface area contributed by atoms with E-state index in [1.807, 2.05) is 0 Å². The fourth-order valence-electron chi connectivity index (χ4n) is 3.12. The average molecular weight is 238 g/mol. The molecule has 0 radical (unpaired) electrons. The van der Waals surface area contributed by atoms with Gasteiger partial charge in [-0.1, -0.05) is 19.8 Å². The molecule has 2 atom stereocenters.